The summed E-state index contributed by atoms with van der Waals surface area (Å²) in [6.07, 6.45) is 6.61. The number of hydrogen-bond acceptors (Lipinski definition) is 6. The first kappa shape index (κ1) is 33.5. The molecule has 0 bridgehead atoms. The molecule has 1 fully saturated rings. The second kappa shape index (κ2) is 15.1. The summed E-state index contributed by atoms with van der Waals surface area (Å²) in [6.45, 7) is 9.93. The standard InChI is InChI=1S/C33H47N7O5/c1-19(2)14-27(39-33(44)40-20(3)10-9-11-21(40)4)30(41)37-28(16-25-22(5)36-26-13-8-7-12-24(25)26)31(42)38-29(32(43)45-6)15-23-17-34-18-35-23/h7-8,12-13,17-21,27-29,36H,9-11,14-16H2,1-6H3,(H,34,35)(H,37,41)(H,38,42)(H,39,44)/t20-,21+,27-,28+,29+/m0/s1. The third kappa shape index (κ3) is 8.43. The Kier molecular flexibility index (Phi) is 11.2. The molecule has 12 heteroatoms. The number of carbonyl (C=O) groups is 4. The van der Waals surface area contributed by atoms with Crippen molar-refractivity contribution >= 4 is 34.7 Å². The number of nitrogens with zero attached hydrogens (tertiary/aromatic N) is 2. The van der Waals surface area contributed by atoms with Gasteiger partial charge in [-0.2, -0.15) is 0 Å². The van der Waals surface area contributed by atoms with E-state index < -0.39 is 35.9 Å². The highest BCUT2D eigenvalue weighted by atomic mass is 16.5. The summed E-state index contributed by atoms with van der Waals surface area (Å²) in [7, 11) is 1.26. The number of rotatable bonds is 12. The molecule has 1 saturated heterocycles. The maximum Gasteiger partial charge on any atom is 0.328 e. The first-order valence-corrected chi connectivity index (χ1v) is 15.8. The van der Waals surface area contributed by atoms with Gasteiger partial charge in [0.05, 0.1) is 13.4 Å². The number of ether oxygens (including phenoxy) is 1. The molecule has 12 nitrogen and oxygen atoms in total. The van der Waals surface area contributed by atoms with Gasteiger partial charge in [-0.3, -0.25) is 9.59 Å². The minimum atomic E-state index is -1.05. The van der Waals surface area contributed by atoms with Crippen LogP contribution < -0.4 is 16.0 Å². The number of benzene rings is 1. The van der Waals surface area contributed by atoms with E-state index in [9.17, 15) is 19.2 Å². The monoisotopic (exact) mass is 621 g/mol. The summed E-state index contributed by atoms with van der Waals surface area (Å²) in [5, 5.41) is 9.63. The van der Waals surface area contributed by atoms with Gasteiger partial charge in [-0.15, -0.1) is 0 Å². The van der Waals surface area contributed by atoms with Gasteiger partial charge < -0.3 is 35.6 Å². The van der Waals surface area contributed by atoms with E-state index in [-0.39, 0.29) is 36.9 Å². The Balaban J connectivity index is 1.61. The van der Waals surface area contributed by atoms with Crippen LogP contribution in [0.25, 0.3) is 10.9 Å². The molecule has 2 aromatic heterocycles. The number of aromatic amines is 2. The Morgan fingerprint density at radius 2 is 1.64 bits per heavy atom. The van der Waals surface area contributed by atoms with Crippen LogP contribution in [0.2, 0.25) is 0 Å². The highest BCUT2D eigenvalue weighted by Gasteiger charge is 2.34. The van der Waals surface area contributed by atoms with Crippen molar-refractivity contribution in [2.24, 2.45) is 5.92 Å². The number of H-pyrrole nitrogens is 2. The number of carbonyl (C=O) groups excluding carboxylic acids is 4. The number of urea groups is 1. The number of piperidine rings is 1. The van der Waals surface area contributed by atoms with Gasteiger partial charge in [0, 0.05) is 53.4 Å². The summed E-state index contributed by atoms with van der Waals surface area (Å²) in [5.74, 6) is -1.54. The lowest BCUT2D eigenvalue weighted by atomic mass is 9.97. The van der Waals surface area contributed by atoms with E-state index in [0.29, 0.717) is 12.1 Å². The molecule has 3 aromatic rings. The maximum atomic E-state index is 13.9. The minimum absolute atomic E-state index is 0.0602. The molecule has 5 N–H and O–H groups in total. The topological polar surface area (TPSA) is 161 Å². The number of likely N-dealkylation sites (tertiary alicyclic amines) is 1. The lowest BCUT2D eigenvalue weighted by Crippen LogP contribution is -2.59. The van der Waals surface area contributed by atoms with Gasteiger partial charge in [-0.25, -0.2) is 14.6 Å². The summed E-state index contributed by atoms with van der Waals surface area (Å²) in [6, 6.07) is 4.67. The molecule has 5 atom stereocenters. The molecule has 4 amide bonds. The summed E-state index contributed by atoms with van der Waals surface area (Å²) in [5.41, 5.74) is 3.29. The summed E-state index contributed by atoms with van der Waals surface area (Å²) < 4.78 is 4.97. The lowest BCUT2D eigenvalue weighted by molar-refractivity contribution is -0.145. The second-order valence-corrected chi connectivity index (χ2v) is 12.6. The quantitative estimate of drug-likeness (QED) is 0.195. The SMILES string of the molecule is COC(=O)[C@@H](Cc1cnc[nH]1)NC(=O)[C@@H](Cc1c(C)[nH]c2ccccc12)NC(=O)[C@H](CC(C)C)NC(=O)N1[C@H](C)CCC[C@@H]1C. The number of nitrogens with one attached hydrogen (secondary N) is 5. The maximum absolute atomic E-state index is 13.9. The van der Waals surface area contributed by atoms with Gasteiger partial charge in [-0.1, -0.05) is 32.0 Å². The van der Waals surface area contributed by atoms with Crippen molar-refractivity contribution < 1.29 is 23.9 Å². The van der Waals surface area contributed by atoms with E-state index in [4.69, 9.17) is 4.74 Å². The van der Waals surface area contributed by atoms with Crippen LogP contribution in [0.4, 0.5) is 4.79 Å². The van der Waals surface area contributed by atoms with Crippen LogP contribution >= 0.6 is 0 Å². The molecule has 4 rings (SSSR count). The number of amides is 4. The molecule has 0 spiro atoms. The lowest BCUT2D eigenvalue weighted by Gasteiger charge is -2.39. The molecule has 1 aliphatic heterocycles. The second-order valence-electron chi connectivity index (χ2n) is 12.6. The van der Waals surface area contributed by atoms with Gasteiger partial charge in [0.2, 0.25) is 11.8 Å². The fourth-order valence-corrected chi connectivity index (χ4v) is 6.26. The zero-order valence-corrected chi connectivity index (χ0v) is 27.1. The van der Waals surface area contributed by atoms with Crippen molar-refractivity contribution in [3.05, 3.63) is 53.7 Å². The van der Waals surface area contributed by atoms with Crippen molar-refractivity contribution in [3.8, 4) is 0 Å². The van der Waals surface area contributed by atoms with Crippen molar-refractivity contribution in [1.82, 2.24) is 35.8 Å². The third-order valence-corrected chi connectivity index (χ3v) is 8.60. The van der Waals surface area contributed by atoms with Crippen LogP contribution in [-0.2, 0) is 32.0 Å². The molecule has 0 aliphatic carbocycles. The number of hydrogen-bond donors (Lipinski definition) is 5. The fourth-order valence-electron chi connectivity index (χ4n) is 6.26. The minimum Gasteiger partial charge on any atom is -0.467 e. The van der Waals surface area contributed by atoms with Gasteiger partial charge >= 0.3 is 12.0 Å². The molecule has 1 aromatic carbocycles. The Bertz CT molecular complexity index is 1460. The number of fused-ring (bicyclic) bond motifs is 1. The Morgan fingerprint density at radius 1 is 0.978 bits per heavy atom. The van der Waals surface area contributed by atoms with Crippen LogP contribution in [-0.4, -0.2) is 81.0 Å². The molecular weight excluding hydrogens is 574 g/mol. The third-order valence-electron chi connectivity index (χ3n) is 8.60. The average molecular weight is 622 g/mol. The summed E-state index contributed by atoms with van der Waals surface area (Å²) in [4.78, 5) is 66.2. The molecule has 0 saturated carbocycles. The molecule has 45 heavy (non-hydrogen) atoms. The number of imidazole rings is 1. The van der Waals surface area contributed by atoms with Crippen LogP contribution in [0.1, 0.15) is 70.3 Å². The number of esters is 1. The summed E-state index contributed by atoms with van der Waals surface area (Å²) >= 11 is 0. The zero-order valence-electron chi connectivity index (χ0n) is 27.1. The van der Waals surface area contributed by atoms with Crippen LogP contribution in [0, 0.1) is 12.8 Å². The Labute approximate surface area is 264 Å². The first-order chi connectivity index (χ1) is 21.5. The molecule has 0 unspecified atom stereocenters. The van der Waals surface area contributed by atoms with Gasteiger partial charge in [-0.05, 0) is 64.0 Å². The van der Waals surface area contributed by atoms with Crippen molar-refractivity contribution in [3.63, 3.8) is 0 Å². The largest absolute Gasteiger partial charge is 0.467 e. The van der Waals surface area contributed by atoms with Gasteiger partial charge in [0.1, 0.15) is 18.1 Å². The predicted octanol–water partition coefficient (Wildman–Crippen LogP) is 3.51. The average Bonchev–Trinajstić information content (AvgIpc) is 3.62. The van der Waals surface area contributed by atoms with E-state index in [1.807, 2.05) is 63.8 Å². The molecule has 0 radical (unpaired) electrons. The highest BCUT2D eigenvalue weighted by molar-refractivity contribution is 5.94. The Morgan fingerprint density at radius 3 is 2.29 bits per heavy atom. The molecule has 3 heterocycles. The van der Waals surface area contributed by atoms with Crippen LogP contribution in [0.3, 0.4) is 0 Å². The van der Waals surface area contributed by atoms with E-state index >= 15 is 0 Å². The molecule has 244 valence electrons. The van der Waals surface area contributed by atoms with Crippen molar-refractivity contribution in [2.75, 3.05) is 7.11 Å². The number of aryl methyl sites for hydroxylation is 1. The zero-order chi connectivity index (χ0) is 32.7. The van der Waals surface area contributed by atoms with E-state index in [1.54, 1.807) is 6.20 Å². The number of para-hydroxylation sites is 1. The van der Waals surface area contributed by atoms with Crippen LogP contribution in [0.5, 0.6) is 0 Å². The van der Waals surface area contributed by atoms with Gasteiger partial charge in [0.25, 0.3) is 0 Å². The van der Waals surface area contributed by atoms with Gasteiger partial charge in [0.15, 0.2) is 0 Å². The first-order valence-electron chi connectivity index (χ1n) is 15.8. The fraction of sp³-hybridized carbons (Fsp3) is 0.545. The highest BCUT2D eigenvalue weighted by Crippen LogP contribution is 2.24. The van der Waals surface area contributed by atoms with Crippen molar-refractivity contribution in [2.45, 2.75) is 103 Å². The smallest absolute Gasteiger partial charge is 0.328 e. The van der Waals surface area contributed by atoms with E-state index in [1.165, 1.54) is 13.4 Å². The molecule has 1 aliphatic rings. The normalized spacial score (nSPS) is 18.7. The van der Waals surface area contributed by atoms with E-state index in [2.05, 4.69) is 30.9 Å². The Hall–Kier alpha value is -4.35. The number of methoxy groups -OCH3 is 1. The van der Waals surface area contributed by atoms with Crippen LogP contribution in [0.15, 0.2) is 36.8 Å². The predicted molar refractivity (Wildman–Crippen MR) is 171 cm³/mol. The van der Waals surface area contributed by atoms with Crippen molar-refractivity contribution in [1.29, 1.82) is 0 Å². The van der Waals surface area contributed by atoms with E-state index in [0.717, 1.165) is 41.4 Å². The number of aromatic nitrogens is 3. The molecular formula is C33H47N7O5.